The van der Waals surface area contributed by atoms with Gasteiger partial charge in [-0.05, 0) is 66.6 Å². The van der Waals surface area contributed by atoms with Crippen molar-refractivity contribution >= 4 is 72.2 Å². The summed E-state index contributed by atoms with van der Waals surface area (Å²) in [5.74, 6) is -0.733. The van der Waals surface area contributed by atoms with Gasteiger partial charge in [-0.3, -0.25) is 14.9 Å². The number of amides is 4. The van der Waals surface area contributed by atoms with E-state index in [0.29, 0.717) is 36.4 Å². The topological polar surface area (TPSA) is 137 Å². The molecule has 1 atom stereocenters. The van der Waals surface area contributed by atoms with Crippen LogP contribution >= 0.6 is 38.9 Å². The molecule has 10 nitrogen and oxygen atoms in total. The second-order valence-corrected chi connectivity index (χ2v) is 14.1. The van der Waals surface area contributed by atoms with E-state index in [0.717, 1.165) is 15.7 Å². The third-order valence-electron chi connectivity index (χ3n) is 6.74. The highest BCUT2D eigenvalue weighted by Gasteiger charge is 2.32. The molecule has 1 unspecified atom stereocenters. The molecule has 1 aromatic heterocycles. The number of thiophene rings is 1. The van der Waals surface area contributed by atoms with Gasteiger partial charge in [-0.1, -0.05) is 45.7 Å². The van der Waals surface area contributed by atoms with Gasteiger partial charge in [0.1, 0.15) is 10.8 Å². The number of nitrogens with one attached hydrogen (secondary N) is 4. The molecule has 0 saturated heterocycles. The van der Waals surface area contributed by atoms with E-state index in [2.05, 4.69) is 37.2 Å². The number of hydrogen-bond donors (Lipinski definition) is 4. The molecule has 2 aromatic carbocycles. The summed E-state index contributed by atoms with van der Waals surface area (Å²) in [5.41, 5.74) is 2.31. The van der Waals surface area contributed by atoms with E-state index in [1.807, 2.05) is 31.2 Å². The summed E-state index contributed by atoms with van der Waals surface area (Å²) in [7, 11) is -3.55. The average Bonchev–Trinajstić information content (AvgIpc) is 3.34. The molecule has 43 heavy (non-hydrogen) atoms. The fourth-order valence-electron chi connectivity index (χ4n) is 4.67. The molecule has 1 aliphatic rings. The highest BCUT2D eigenvalue weighted by atomic mass is 79.9. The Morgan fingerprint density at radius 3 is 2.58 bits per heavy atom. The lowest BCUT2D eigenvalue weighted by Crippen LogP contribution is -2.50. The summed E-state index contributed by atoms with van der Waals surface area (Å²) in [4.78, 5) is 40.1. The first-order valence-corrected chi connectivity index (χ1v) is 17.4. The standard InChI is InChI=1S/C29H33BrClN5O5S2/c1-2-33-29(39)34-13-5-8-25(37)35-22-14-19-6-3-4-7-24(19)36(16-22)28(38)27-26(31)20(17-42-27)15-32-18-43(40,41)23-11-9-21(30)10-12-23/h3-4,6-7,9-12,17,22,32H,2,5,8,13-16,18H2,1H3,(H,35,37)(H2,33,34,39). The number of carbonyl (C=O) groups is 3. The summed E-state index contributed by atoms with van der Waals surface area (Å²) in [5, 5.41) is 13.3. The number of carbonyl (C=O) groups excluding carboxylic acids is 3. The molecule has 4 N–H and O–H groups in total. The van der Waals surface area contributed by atoms with E-state index in [1.165, 1.54) is 23.5 Å². The van der Waals surface area contributed by atoms with E-state index >= 15 is 0 Å². The van der Waals surface area contributed by atoms with Crippen LogP contribution in [0.2, 0.25) is 5.02 Å². The van der Waals surface area contributed by atoms with Gasteiger partial charge in [-0.15, -0.1) is 11.3 Å². The van der Waals surface area contributed by atoms with Crippen LogP contribution in [-0.4, -0.2) is 57.8 Å². The third kappa shape index (κ3) is 8.79. The van der Waals surface area contributed by atoms with Crippen molar-refractivity contribution in [2.45, 2.75) is 43.7 Å². The first-order valence-electron chi connectivity index (χ1n) is 13.7. The first kappa shape index (κ1) is 32.9. The zero-order valence-electron chi connectivity index (χ0n) is 23.5. The van der Waals surface area contributed by atoms with Crippen LogP contribution in [0.3, 0.4) is 0 Å². The summed E-state index contributed by atoms with van der Waals surface area (Å²) >= 11 is 11.1. The number of nitrogens with zero attached hydrogens (tertiary/aromatic N) is 1. The quantitative estimate of drug-likeness (QED) is 0.205. The van der Waals surface area contributed by atoms with Crippen molar-refractivity contribution in [2.75, 3.05) is 30.4 Å². The van der Waals surface area contributed by atoms with Crippen molar-refractivity contribution in [1.29, 1.82) is 0 Å². The summed E-state index contributed by atoms with van der Waals surface area (Å²) in [6.45, 7) is 3.17. The Hall–Kier alpha value is -2.97. The second-order valence-electron chi connectivity index (χ2n) is 9.95. The van der Waals surface area contributed by atoms with Gasteiger partial charge >= 0.3 is 6.03 Å². The highest BCUT2D eigenvalue weighted by molar-refractivity contribution is 9.10. The van der Waals surface area contributed by atoms with Gasteiger partial charge in [0, 0.05) is 42.8 Å². The summed E-state index contributed by atoms with van der Waals surface area (Å²) in [6, 6.07) is 13.4. The minimum atomic E-state index is -3.55. The molecule has 0 saturated carbocycles. The van der Waals surface area contributed by atoms with Crippen molar-refractivity contribution in [1.82, 2.24) is 21.3 Å². The Bertz CT molecular complexity index is 1570. The molecule has 0 fully saturated rings. The van der Waals surface area contributed by atoms with Gasteiger partial charge in [0.05, 0.1) is 16.0 Å². The molecule has 230 valence electrons. The highest BCUT2D eigenvalue weighted by Crippen LogP contribution is 2.34. The average molecular weight is 711 g/mol. The third-order valence-corrected chi connectivity index (χ3v) is 10.4. The molecule has 0 bridgehead atoms. The molecule has 4 amide bonds. The maximum absolute atomic E-state index is 13.8. The lowest BCUT2D eigenvalue weighted by atomic mass is 9.97. The molecule has 1 aliphatic heterocycles. The molecule has 0 radical (unpaired) electrons. The fourth-order valence-corrected chi connectivity index (χ4v) is 7.33. The van der Waals surface area contributed by atoms with Crippen molar-refractivity contribution < 1.29 is 22.8 Å². The first-order chi connectivity index (χ1) is 20.6. The Morgan fingerprint density at radius 1 is 1.09 bits per heavy atom. The van der Waals surface area contributed by atoms with E-state index in [9.17, 15) is 22.8 Å². The van der Waals surface area contributed by atoms with Crippen LogP contribution in [-0.2, 0) is 27.6 Å². The minimum Gasteiger partial charge on any atom is -0.351 e. The minimum absolute atomic E-state index is 0.157. The number of sulfone groups is 1. The maximum atomic E-state index is 13.8. The number of halogens is 2. The zero-order chi connectivity index (χ0) is 31.0. The largest absolute Gasteiger partial charge is 0.351 e. The van der Waals surface area contributed by atoms with Gasteiger partial charge in [-0.2, -0.15) is 0 Å². The van der Waals surface area contributed by atoms with Gasteiger partial charge in [0.15, 0.2) is 9.84 Å². The SMILES string of the molecule is CCNC(=O)NCCCC(=O)NC1Cc2ccccc2N(C(=O)c2scc(CNCS(=O)(=O)c3ccc(Br)cc3)c2Cl)C1. The van der Waals surface area contributed by atoms with Crippen LogP contribution in [0.5, 0.6) is 0 Å². The molecular weight excluding hydrogens is 678 g/mol. The molecule has 2 heterocycles. The normalized spacial score (nSPS) is 14.6. The fraction of sp³-hybridized carbons (Fsp3) is 0.345. The Morgan fingerprint density at radius 2 is 1.84 bits per heavy atom. The number of rotatable bonds is 12. The molecular formula is C29H33BrClN5O5S2. The van der Waals surface area contributed by atoms with E-state index in [1.54, 1.807) is 22.4 Å². The van der Waals surface area contributed by atoms with Crippen molar-refractivity contribution in [3.8, 4) is 0 Å². The summed E-state index contributed by atoms with van der Waals surface area (Å²) < 4.78 is 26.1. The predicted molar refractivity (Wildman–Crippen MR) is 172 cm³/mol. The Labute approximate surface area is 268 Å². The van der Waals surface area contributed by atoms with E-state index in [4.69, 9.17) is 11.6 Å². The van der Waals surface area contributed by atoms with Crippen LogP contribution in [0.15, 0.2) is 63.3 Å². The number of hydrogen-bond acceptors (Lipinski definition) is 7. The number of anilines is 1. The molecule has 3 aromatic rings. The number of benzene rings is 2. The lowest BCUT2D eigenvalue weighted by molar-refractivity contribution is -0.121. The van der Waals surface area contributed by atoms with Crippen molar-refractivity contribution in [3.63, 3.8) is 0 Å². The lowest BCUT2D eigenvalue weighted by Gasteiger charge is -2.35. The van der Waals surface area contributed by atoms with Crippen molar-refractivity contribution in [3.05, 3.63) is 79.4 Å². The zero-order valence-corrected chi connectivity index (χ0v) is 27.5. The second kappa shape index (κ2) is 15.2. The molecule has 0 aliphatic carbocycles. The van der Waals surface area contributed by atoms with E-state index < -0.39 is 9.84 Å². The van der Waals surface area contributed by atoms with Crippen LogP contribution < -0.4 is 26.2 Å². The van der Waals surface area contributed by atoms with Crippen LogP contribution in [0.1, 0.15) is 40.6 Å². The predicted octanol–water partition coefficient (Wildman–Crippen LogP) is 4.47. The van der Waals surface area contributed by atoms with Crippen LogP contribution in [0.4, 0.5) is 10.5 Å². The number of para-hydroxylation sites is 1. The van der Waals surface area contributed by atoms with Gasteiger partial charge in [0.25, 0.3) is 5.91 Å². The number of fused-ring (bicyclic) bond motifs is 1. The Balaban J connectivity index is 1.38. The van der Waals surface area contributed by atoms with E-state index in [-0.39, 0.29) is 59.2 Å². The van der Waals surface area contributed by atoms with Gasteiger partial charge in [-0.25, -0.2) is 13.2 Å². The smallest absolute Gasteiger partial charge is 0.314 e. The maximum Gasteiger partial charge on any atom is 0.314 e. The summed E-state index contributed by atoms with van der Waals surface area (Å²) in [6.07, 6.45) is 1.30. The monoisotopic (exact) mass is 709 g/mol. The Kier molecular flexibility index (Phi) is 11.6. The molecule has 0 spiro atoms. The van der Waals surface area contributed by atoms with Gasteiger partial charge in [0.2, 0.25) is 5.91 Å². The molecule has 4 rings (SSSR count). The van der Waals surface area contributed by atoms with Crippen molar-refractivity contribution in [2.24, 2.45) is 0 Å². The molecule has 14 heteroatoms. The van der Waals surface area contributed by atoms with Crippen LogP contribution in [0, 0.1) is 0 Å². The van der Waals surface area contributed by atoms with Gasteiger partial charge < -0.3 is 20.9 Å². The number of urea groups is 1. The van der Waals surface area contributed by atoms with Crippen LogP contribution in [0.25, 0.3) is 0 Å².